The molecule has 3 nitrogen and oxygen atoms in total. The molecule has 0 spiro atoms. The average molecular weight is 484 g/mol. The van der Waals surface area contributed by atoms with Gasteiger partial charge in [-0.25, -0.2) is 0 Å². The molecule has 0 saturated carbocycles. The van der Waals surface area contributed by atoms with E-state index in [9.17, 15) is 0 Å². The van der Waals surface area contributed by atoms with Crippen LogP contribution < -0.4 is 16.4 Å². The number of hydrogen-bond acceptors (Lipinski definition) is 3. The Bertz CT molecular complexity index is 1210. The van der Waals surface area contributed by atoms with Gasteiger partial charge in [0, 0.05) is 17.3 Å². The lowest BCUT2D eigenvalue weighted by molar-refractivity contribution is 0.586. The van der Waals surface area contributed by atoms with E-state index in [2.05, 4.69) is 84.2 Å². The zero-order chi connectivity index (χ0) is 26.4. The molecule has 4 N–H and O–H groups in total. The van der Waals surface area contributed by atoms with E-state index < -0.39 is 5.54 Å². The number of nitrogens with one attached hydrogen (secondary N) is 2. The predicted octanol–water partition coefficient (Wildman–Crippen LogP) is 7.09. The fraction of sp³-hybridized carbons (Fsp3) is 0.455. The van der Waals surface area contributed by atoms with Crippen LogP contribution in [0.25, 0.3) is 5.57 Å². The molecule has 1 aliphatic heterocycles. The van der Waals surface area contributed by atoms with E-state index in [4.69, 9.17) is 5.73 Å². The quantitative estimate of drug-likeness (QED) is 0.378. The Morgan fingerprint density at radius 3 is 2.58 bits per heavy atom. The van der Waals surface area contributed by atoms with Crippen LogP contribution in [0.5, 0.6) is 0 Å². The van der Waals surface area contributed by atoms with Crippen LogP contribution in [0, 0.1) is 19.8 Å². The first kappa shape index (κ1) is 26.4. The van der Waals surface area contributed by atoms with Crippen molar-refractivity contribution in [2.45, 2.75) is 84.3 Å². The number of anilines is 1. The van der Waals surface area contributed by atoms with Crippen molar-refractivity contribution in [1.29, 1.82) is 0 Å². The second kappa shape index (κ2) is 10.0. The first-order valence-corrected chi connectivity index (χ1v) is 13.6. The zero-order valence-corrected chi connectivity index (χ0v) is 23.3. The summed E-state index contributed by atoms with van der Waals surface area (Å²) in [6, 6.07) is 2.83. The van der Waals surface area contributed by atoms with Crippen molar-refractivity contribution in [2.24, 2.45) is 11.7 Å². The van der Waals surface area contributed by atoms with E-state index in [0.29, 0.717) is 6.04 Å². The zero-order valence-electron chi connectivity index (χ0n) is 23.3. The standard InChI is InChI=1S/C33H45N3/c1-10-13-24-22(7)19(4)16-26-31-28(35-9)15-14-25-23(8)20(5)18-29(30(25)31)36-32(26)21(6)17-27(24)33(34,11-2)12-3/h10-11,17-19,28,32,35-36H,1-2,7,12-16,34H2,3-6,8-9H3/b21-17+,27-24+. The fourth-order valence-electron chi connectivity index (χ4n) is 6.58. The number of aryl methyl sites for hydroxylation is 1. The lowest BCUT2D eigenvalue weighted by Crippen LogP contribution is -2.40. The van der Waals surface area contributed by atoms with E-state index in [1.165, 1.54) is 50.2 Å². The fourth-order valence-corrected chi connectivity index (χ4v) is 6.58. The number of allylic oxidation sites excluding steroid dienone is 3. The molecule has 0 fully saturated rings. The highest BCUT2D eigenvalue weighted by atomic mass is 15.0. The van der Waals surface area contributed by atoms with Gasteiger partial charge in [-0.05, 0) is 122 Å². The third kappa shape index (κ3) is 4.17. The lowest BCUT2D eigenvalue weighted by atomic mass is 9.72. The Labute approximate surface area is 219 Å². The summed E-state index contributed by atoms with van der Waals surface area (Å²) in [4.78, 5) is 0. The second-order valence-corrected chi connectivity index (χ2v) is 11.1. The predicted molar refractivity (Wildman–Crippen MR) is 157 cm³/mol. The molecule has 0 radical (unpaired) electrons. The molecule has 3 aliphatic rings. The van der Waals surface area contributed by atoms with Gasteiger partial charge in [0.1, 0.15) is 0 Å². The number of benzene rings is 1. The number of likely N-dealkylation sites (N-methyl/N-ethyl adjacent to an activating group) is 1. The lowest BCUT2D eigenvalue weighted by Gasteiger charge is -2.41. The molecule has 1 aromatic rings. The van der Waals surface area contributed by atoms with Crippen LogP contribution in [0.1, 0.15) is 68.7 Å². The van der Waals surface area contributed by atoms with Gasteiger partial charge in [-0.1, -0.05) is 38.7 Å². The van der Waals surface area contributed by atoms with Crippen molar-refractivity contribution >= 4 is 11.3 Å². The average Bonchev–Trinajstić information content (AvgIpc) is 2.91. The maximum atomic E-state index is 7.00. The van der Waals surface area contributed by atoms with E-state index in [-0.39, 0.29) is 12.0 Å². The molecule has 4 unspecified atom stereocenters. The Balaban J connectivity index is 2.04. The minimum Gasteiger partial charge on any atom is -0.374 e. The van der Waals surface area contributed by atoms with Gasteiger partial charge in [0.05, 0.1) is 11.6 Å². The first-order chi connectivity index (χ1) is 17.1. The number of nitrogens with two attached hydrogens (primary N) is 1. The summed E-state index contributed by atoms with van der Waals surface area (Å²) in [5.41, 5.74) is 21.2. The normalized spacial score (nSPS) is 28.9. The van der Waals surface area contributed by atoms with Gasteiger partial charge in [0.2, 0.25) is 0 Å². The van der Waals surface area contributed by atoms with E-state index in [1.807, 2.05) is 12.2 Å². The van der Waals surface area contributed by atoms with Gasteiger partial charge in [-0.3, -0.25) is 0 Å². The third-order valence-corrected chi connectivity index (χ3v) is 9.08. The Kier molecular flexibility index (Phi) is 7.37. The van der Waals surface area contributed by atoms with Crippen LogP contribution in [-0.4, -0.2) is 24.7 Å². The molecular formula is C33H45N3. The van der Waals surface area contributed by atoms with Gasteiger partial charge in [-0.15, -0.1) is 13.2 Å². The van der Waals surface area contributed by atoms with Crippen molar-refractivity contribution in [3.8, 4) is 0 Å². The molecule has 1 aromatic carbocycles. The van der Waals surface area contributed by atoms with Crippen molar-refractivity contribution in [3.63, 3.8) is 0 Å². The Hall–Kier alpha value is -2.62. The Morgan fingerprint density at radius 2 is 1.97 bits per heavy atom. The van der Waals surface area contributed by atoms with Crippen molar-refractivity contribution < 1.29 is 0 Å². The largest absolute Gasteiger partial charge is 0.374 e. The van der Waals surface area contributed by atoms with Gasteiger partial charge in [-0.2, -0.15) is 0 Å². The number of fused-ring (bicyclic) bond motifs is 1. The molecule has 4 rings (SSSR count). The van der Waals surface area contributed by atoms with Crippen molar-refractivity contribution in [2.75, 3.05) is 12.4 Å². The van der Waals surface area contributed by atoms with Gasteiger partial charge in [0.25, 0.3) is 0 Å². The summed E-state index contributed by atoms with van der Waals surface area (Å²) in [5.74, 6) is 0.281. The van der Waals surface area contributed by atoms with Crippen LogP contribution in [0.15, 0.2) is 71.9 Å². The maximum Gasteiger partial charge on any atom is 0.0694 e. The topological polar surface area (TPSA) is 50.1 Å². The highest BCUT2D eigenvalue weighted by Crippen LogP contribution is 2.49. The van der Waals surface area contributed by atoms with Crippen LogP contribution in [0.2, 0.25) is 0 Å². The van der Waals surface area contributed by atoms with E-state index >= 15 is 0 Å². The van der Waals surface area contributed by atoms with Crippen LogP contribution in [-0.2, 0) is 6.42 Å². The summed E-state index contributed by atoms with van der Waals surface area (Å²) in [6.07, 6.45) is 10.9. The summed E-state index contributed by atoms with van der Waals surface area (Å²) in [7, 11) is 2.11. The summed E-state index contributed by atoms with van der Waals surface area (Å²) < 4.78 is 0. The SMILES string of the molecule is C=CC/C1=C(C(N)(C=C)CC)/C=C(\C)C2Nc3cc(C)c(C)c4c3C(=C2CC(C)C1=C)C(NC)CC4. The molecule has 3 heteroatoms. The van der Waals surface area contributed by atoms with Crippen LogP contribution >= 0.6 is 0 Å². The van der Waals surface area contributed by atoms with E-state index in [1.54, 1.807) is 0 Å². The summed E-state index contributed by atoms with van der Waals surface area (Å²) >= 11 is 0. The number of hydrogen-bond donors (Lipinski definition) is 3. The van der Waals surface area contributed by atoms with Gasteiger partial charge >= 0.3 is 0 Å². The van der Waals surface area contributed by atoms with Crippen LogP contribution in [0.3, 0.4) is 0 Å². The second-order valence-electron chi connectivity index (χ2n) is 11.1. The molecule has 2 aliphatic carbocycles. The van der Waals surface area contributed by atoms with Crippen molar-refractivity contribution in [3.05, 3.63) is 94.2 Å². The molecular weight excluding hydrogens is 438 g/mol. The van der Waals surface area contributed by atoms with E-state index in [0.717, 1.165) is 43.3 Å². The molecule has 0 aromatic heterocycles. The molecule has 36 heavy (non-hydrogen) atoms. The third-order valence-electron chi connectivity index (χ3n) is 9.08. The highest BCUT2D eigenvalue weighted by molar-refractivity contribution is 5.90. The first-order valence-electron chi connectivity index (χ1n) is 13.6. The van der Waals surface area contributed by atoms with Crippen molar-refractivity contribution in [1.82, 2.24) is 5.32 Å². The van der Waals surface area contributed by atoms with Crippen LogP contribution in [0.4, 0.5) is 5.69 Å². The summed E-state index contributed by atoms with van der Waals surface area (Å²) in [6.45, 7) is 24.1. The molecule has 0 bridgehead atoms. The number of rotatable bonds is 6. The van der Waals surface area contributed by atoms with Gasteiger partial charge in [0.15, 0.2) is 0 Å². The maximum absolute atomic E-state index is 7.00. The monoisotopic (exact) mass is 483 g/mol. The molecule has 1 heterocycles. The molecule has 0 saturated heterocycles. The molecule has 192 valence electrons. The minimum absolute atomic E-state index is 0.121. The van der Waals surface area contributed by atoms with Gasteiger partial charge < -0.3 is 16.4 Å². The summed E-state index contributed by atoms with van der Waals surface area (Å²) in [5, 5.41) is 7.66. The molecule has 0 amide bonds. The minimum atomic E-state index is -0.619. The smallest absolute Gasteiger partial charge is 0.0694 e. The molecule has 4 atom stereocenters. The Morgan fingerprint density at radius 1 is 1.25 bits per heavy atom. The highest BCUT2D eigenvalue weighted by Gasteiger charge is 2.38.